The predicted octanol–water partition coefficient (Wildman–Crippen LogP) is 3.86. The van der Waals surface area contributed by atoms with Crippen LogP contribution in [0.2, 0.25) is 0 Å². The monoisotopic (exact) mass is 350 g/mol. The molecule has 2 aromatic rings. The summed E-state index contributed by atoms with van der Waals surface area (Å²) in [5.74, 6) is 0.129. The van der Waals surface area contributed by atoms with Gasteiger partial charge < -0.3 is 10.2 Å². The second-order valence-corrected chi connectivity index (χ2v) is 5.98. The Morgan fingerprint density at radius 2 is 1.96 bits per heavy atom. The van der Waals surface area contributed by atoms with Gasteiger partial charge in [-0.2, -0.15) is 0 Å². The molecular formula is C18H20Cl2N2O. The minimum Gasteiger partial charge on any atom is -0.325 e. The van der Waals surface area contributed by atoms with Crippen LogP contribution in [0.1, 0.15) is 22.6 Å². The number of hydrogen-bond donors (Lipinski definition) is 1. The lowest BCUT2D eigenvalue weighted by molar-refractivity contribution is -0.113. The minimum atomic E-state index is -0.167. The molecule has 0 aliphatic carbocycles. The molecule has 122 valence electrons. The number of carbonyl (C=O) groups excluding carboxylic acids is 1. The van der Waals surface area contributed by atoms with Crippen molar-refractivity contribution in [2.45, 2.75) is 12.5 Å². The average Bonchev–Trinajstić information content (AvgIpc) is 2.55. The van der Waals surface area contributed by atoms with Crippen LogP contribution < -0.4 is 5.32 Å². The Morgan fingerprint density at radius 3 is 2.65 bits per heavy atom. The Morgan fingerprint density at radius 1 is 1.22 bits per heavy atom. The molecule has 5 heteroatoms. The van der Waals surface area contributed by atoms with E-state index in [2.05, 4.69) is 47.6 Å². The first kappa shape index (κ1) is 17.8. The summed E-state index contributed by atoms with van der Waals surface area (Å²) in [4.78, 5) is 13.9. The molecule has 1 aliphatic heterocycles. The van der Waals surface area contributed by atoms with E-state index < -0.39 is 0 Å². The van der Waals surface area contributed by atoms with Crippen molar-refractivity contribution in [2.75, 3.05) is 24.8 Å². The first-order chi connectivity index (χ1) is 10.7. The molecule has 1 heterocycles. The van der Waals surface area contributed by atoms with Gasteiger partial charge in [-0.25, -0.2) is 0 Å². The number of anilines is 1. The lowest BCUT2D eigenvalue weighted by Gasteiger charge is -2.34. The zero-order valence-corrected chi connectivity index (χ0v) is 14.5. The van der Waals surface area contributed by atoms with E-state index in [4.69, 9.17) is 11.6 Å². The molecule has 1 aliphatic rings. The average molecular weight is 351 g/mol. The summed E-state index contributed by atoms with van der Waals surface area (Å²) in [6.45, 7) is 1.81. The van der Waals surface area contributed by atoms with Crippen molar-refractivity contribution in [2.24, 2.45) is 0 Å². The summed E-state index contributed by atoms with van der Waals surface area (Å²) < 4.78 is 0. The Balaban J connectivity index is 0.00000192. The Labute approximate surface area is 148 Å². The van der Waals surface area contributed by atoms with E-state index in [-0.39, 0.29) is 24.2 Å². The van der Waals surface area contributed by atoms with E-state index in [0.717, 1.165) is 18.8 Å². The van der Waals surface area contributed by atoms with Crippen molar-refractivity contribution in [1.82, 2.24) is 4.90 Å². The molecule has 0 spiro atoms. The van der Waals surface area contributed by atoms with E-state index in [1.165, 1.54) is 16.7 Å². The van der Waals surface area contributed by atoms with Crippen molar-refractivity contribution in [3.8, 4) is 0 Å². The van der Waals surface area contributed by atoms with Crippen LogP contribution >= 0.6 is 24.0 Å². The van der Waals surface area contributed by atoms with E-state index in [1.807, 2.05) is 18.2 Å². The summed E-state index contributed by atoms with van der Waals surface area (Å²) in [5, 5.41) is 2.91. The highest BCUT2D eigenvalue weighted by molar-refractivity contribution is 6.29. The molecule has 1 atom stereocenters. The maximum absolute atomic E-state index is 11.6. The van der Waals surface area contributed by atoms with Crippen molar-refractivity contribution in [3.63, 3.8) is 0 Å². The number of nitrogens with one attached hydrogen (secondary N) is 1. The van der Waals surface area contributed by atoms with Gasteiger partial charge in [0.2, 0.25) is 5.91 Å². The Kier molecular flexibility index (Phi) is 6.05. The first-order valence-electron chi connectivity index (χ1n) is 7.40. The summed E-state index contributed by atoms with van der Waals surface area (Å²) in [6.07, 6.45) is 0. The fraction of sp³-hybridized carbons (Fsp3) is 0.278. The molecule has 1 N–H and O–H groups in total. The highest BCUT2D eigenvalue weighted by atomic mass is 35.5. The number of likely N-dealkylation sites (N-methyl/N-ethyl adjacent to an activating group) is 1. The van der Waals surface area contributed by atoms with Crippen molar-refractivity contribution in [3.05, 3.63) is 65.2 Å². The highest BCUT2D eigenvalue weighted by Crippen LogP contribution is 2.36. The number of alkyl halides is 1. The largest absolute Gasteiger partial charge is 0.325 e. The number of rotatable bonds is 3. The van der Waals surface area contributed by atoms with Crippen molar-refractivity contribution < 1.29 is 4.79 Å². The maximum atomic E-state index is 11.6. The second kappa shape index (κ2) is 7.82. The SMILES string of the molecule is CN1Cc2c(NC(=O)CCl)cccc2C(c2ccccc2)C1.Cl. The predicted molar refractivity (Wildman–Crippen MR) is 97.7 cm³/mol. The van der Waals surface area contributed by atoms with Gasteiger partial charge in [0.25, 0.3) is 0 Å². The maximum Gasteiger partial charge on any atom is 0.239 e. The number of halogens is 2. The van der Waals surface area contributed by atoms with Crippen LogP contribution in [0.3, 0.4) is 0 Å². The fourth-order valence-corrected chi connectivity index (χ4v) is 3.19. The zero-order chi connectivity index (χ0) is 15.5. The molecular weight excluding hydrogens is 331 g/mol. The minimum absolute atomic E-state index is 0. The molecule has 1 unspecified atom stereocenters. The van der Waals surface area contributed by atoms with Crippen LogP contribution in [-0.2, 0) is 11.3 Å². The van der Waals surface area contributed by atoms with Gasteiger partial charge in [-0.15, -0.1) is 24.0 Å². The third-order valence-electron chi connectivity index (χ3n) is 4.11. The van der Waals surface area contributed by atoms with Gasteiger partial charge in [0, 0.05) is 24.7 Å². The van der Waals surface area contributed by atoms with Crippen molar-refractivity contribution >= 4 is 35.6 Å². The van der Waals surface area contributed by atoms with Crippen LogP contribution in [0, 0.1) is 0 Å². The molecule has 0 saturated carbocycles. The Hall–Kier alpha value is -1.55. The molecule has 0 radical (unpaired) electrons. The van der Waals surface area contributed by atoms with Crippen LogP contribution in [-0.4, -0.2) is 30.3 Å². The number of fused-ring (bicyclic) bond motifs is 1. The van der Waals surface area contributed by atoms with Crippen LogP contribution in [0.5, 0.6) is 0 Å². The lowest BCUT2D eigenvalue weighted by atomic mass is 9.84. The molecule has 3 nitrogen and oxygen atoms in total. The quantitative estimate of drug-likeness (QED) is 0.852. The van der Waals surface area contributed by atoms with Gasteiger partial charge in [-0.05, 0) is 29.8 Å². The standard InChI is InChI=1S/C18H19ClN2O.ClH/c1-21-11-15(13-6-3-2-4-7-13)14-8-5-9-17(16(14)12-21)20-18(22)10-19;/h2-9,15H,10-12H2,1H3,(H,20,22);1H. The fourth-order valence-electron chi connectivity index (χ4n) is 3.12. The molecule has 3 rings (SSSR count). The molecule has 0 saturated heterocycles. The van der Waals surface area contributed by atoms with E-state index in [9.17, 15) is 4.79 Å². The number of nitrogens with zero attached hydrogens (tertiary/aromatic N) is 1. The third-order valence-corrected chi connectivity index (χ3v) is 4.35. The molecule has 0 aromatic heterocycles. The molecule has 0 bridgehead atoms. The van der Waals surface area contributed by atoms with Gasteiger partial charge in [0.05, 0.1) is 0 Å². The van der Waals surface area contributed by atoms with Crippen LogP contribution in [0.4, 0.5) is 5.69 Å². The molecule has 23 heavy (non-hydrogen) atoms. The number of amides is 1. The first-order valence-corrected chi connectivity index (χ1v) is 7.93. The molecule has 0 fully saturated rings. The van der Waals surface area contributed by atoms with Crippen LogP contribution in [0.25, 0.3) is 0 Å². The summed E-state index contributed by atoms with van der Waals surface area (Å²) in [7, 11) is 2.11. The smallest absolute Gasteiger partial charge is 0.239 e. The third kappa shape index (κ3) is 3.86. The Bertz CT molecular complexity index is 676. The van der Waals surface area contributed by atoms with Gasteiger partial charge in [0.1, 0.15) is 5.88 Å². The van der Waals surface area contributed by atoms with Gasteiger partial charge in [-0.1, -0.05) is 42.5 Å². The zero-order valence-electron chi connectivity index (χ0n) is 13.0. The van der Waals surface area contributed by atoms with Gasteiger partial charge in [0.15, 0.2) is 0 Å². The van der Waals surface area contributed by atoms with E-state index >= 15 is 0 Å². The molecule has 2 aromatic carbocycles. The topological polar surface area (TPSA) is 32.3 Å². The number of carbonyl (C=O) groups is 1. The van der Waals surface area contributed by atoms with Gasteiger partial charge in [-0.3, -0.25) is 4.79 Å². The summed E-state index contributed by atoms with van der Waals surface area (Å²) in [6, 6.07) is 16.6. The molecule has 1 amide bonds. The van der Waals surface area contributed by atoms with E-state index in [1.54, 1.807) is 0 Å². The van der Waals surface area contributed by atoms with Crippen molar-refractivity contribution in [1.29, 1.82) is 0 Å². The van der Waals surface area contributed by atoms with Gasteiger partial charge >= 0.3 is 0 Å². The van der Waals surface area contributed by atoms with E-state index in [0.29, 0.717) is 5.92 Å². The number of hydrogen-bond acceptors (Lipinski definition) is 2. The normalized spacial score (nSPS) is 17.0. The summed E-state index contributed by atoms with van der Waals surface area (Å²) in [5.41, 5.74) is 4.65. The second-order valence-electron chi connectivity index (χ2n) is 5.72. The number of benzene rings is 2. The summed E-state index contributed by atoms with van der Waals surface area (Å²) >= 11 is 5.62. The lowest BCUT2D eigenvalue weighted by Crippen LogP contribution is -2.32. The van der Waals surface area contributed by atoms with Crippen LogP contribution in [0.15, 0.2) is 48.5 Å². The highest BCUT2D eigenvalue weighted by Gasteiger charge is 2.26.